The highest BCUT2D eigenvalue weighted by Gasteiger charge is 2.20. The van der Waals surface area contributed by atoms with Crippen LogP contribution in [0.25, 0.3) is 11.7 Å². The first-order chi connectivity index (χ1) is 9.37. The molecule has 2 rings (SSSR count). The molecule has 0 aliphatic heterocycles. The van der Waals surface area contributed by atoms with Crippen LogP contribution in [0, 0.1) is 0 Å². The molecule has 0 radical (unpaired) electrons. The Balaban J connectivity index is 2.05. The van der Waals surface area contributed by atoms with Crippen molar-refractivity contribution in [2.75, 3.05) is 13.1 Å². The highest BCUT2D eigenvalue weighted by Crippen LogP contribution is 2.24. The predicted molar refractivity (Wildman–Crippen MR) is 76.9 cm³/mol. The van der Waals surface area contributed by atoms with E-state index in [2.05, 4.69) is 26.1 Å². The van der Waals surface area contributed by atoms with Gasteiger partial charge in [0.25, 0.3) is 5.89 Å². The van der Waals surface area contributed by atoms with Crippen LogP contribution >= 0.6 is 15.9 Å². The first-order valence-electron chi connectivity index (χ1n) is 6.40. The van der Waals surface area contributed by atoms with Gasteiger partial charge < -0.3 is 13.9 Å². The molecule has 0 spiro atoms. The van der Waals surface area contributed by atoms with E-state index in [-0.39, 0.29) is 0 Å². The Labute approximate surface area is 125 Å². The molecule has 0 atom stereocenters. The molecule has 20 heavy (non-hydrogen) atoms. The number of hydrogen-bond donors (Lipinski definition) is 1. The number of hydrogen-bond acceptors (Lipinski definition) is 6. The summed E-state index contributed by atoms with van der Waals surface area (Å²) in [6.07, 6.45) is 0. The lowest BCUT2D eigenvalue weighted by Gasteiger charge is -2.26. The fraction of sp³-hybridized carbons (Fsp3) is 0.538. The largest absolute Gasteiger partial charge is 0.444 e. The fourth-order valence-corrected chi connectivity index (χ4v) is 2.17. The quantitative estimate of drug-likeness (QED) is 0.868. The lowest BCUT2D eigenvalue weighted by atomic mass is 10.1. The van der Waals surface area contributed by atoms with Crippen molar-refractivity contribution < 1.29 is 13.9 Å². The summed E-state index contributed by atoms with van der Waals surface area (Å²) in [5.74, 6) is 1.38. The standard InChI is InChI=1S/C13H18BrN3O3/c1-4-17(8-13(2,3)18)7-11-15-16-12(20-11)9-5-6-10(14)19-9/h5-6,18H,4,7-8H2,1-3H3. The lowest BCUT2D eigenvalue weighted by Crippen LogP contribution is -2.38. The number of aliphatic hydroxyl groups is 1. The molecule has 6 nitrogen and oxygen atoms in total. The van der Waals surface area contributed by atoms with E-state index in [1.807, 2.05) is 11.8 Å². The molecule has 0 saturated carbocycles. The van der Waals surface area contributed by atoms with Gasteiger partial charge in [0.15, 0.2) is 10.4 Å². The Bertz CT molecular complexity index is 559. The Hall–Kier alpha value is -1.18. The van der Waals surface area contributed by atoms with Gasteiger partial charge in [-0.1, -0.05) is 6.92 Å². The van der Waals surface area contributed by atoms with Gasteiger partial charge in [0.1, 0.15) is 0 Å². The van der Waals surface area contributed by atoms with Crippen LogP contribution in [0.5, 0.6) is 0 Å². The van der Waals surface area contributed by atoms with Crippen molar-refractivity contribution in [2.45, 2.75) is 32.9 Å². The maximum Gasteiger partial charge on any atom is 0.283 e. The van der Waals surface area contributed by atoms with Gasteiger partial charge in [0, 0.05) is 6.54 Å². The summed E-state index contributed by atoms with van der Waals surface area (Å²) < 4.78 is 11.5. The molecular weight excluding hydrogens is 326 g/mol. The van der Waals surface area contributed by atoms with Gasteiger partial charge in [-0.25, -0.2) is 0 Å². The predicted octanol–water partition coefficient (Wildman–Crippen LogP) is 2.68. The van der Waals surface area contributed by atoms with E-state index in [0.717, 1.165) is 6.54 Å². The third-order valence-electron chi connectivity index (χ3n) is 2.67. The van der Waals surface area contributed by atoms with E-state index in [9.17, 15) is 5.11 Å². The lowest BCUT2D eigenvalue weighted by molar-refractivity contribution is 0.0328. The minimum atomic E-state index is -0.759. The molecule has 0 aliphatic carbocycles. The highest BCUT2D eigenvalue weighted by molar-refractivity contribution is 9.10. The van der Waals surface area contributed by atoms with Crippen LogP contribution in [0.15, 0.2) is 25.6 Å². The van der Waals surface area contributed by atoms with E-state index in [0.29, 0.717) is 35.3 Å². The molecule has 2 aromatic rings. The Morgan fingerprint density at radius 3 is 2.60 bits per heavy atom. The average molecular weight is 344 g/mol. The zero-order valence-electron chi connectivity index (χ0n) is 11.8. The third-order valence-corrected chi connectivity index (χ3v) is 3.09. The number of rotatable bonds is 6. The second-order valence-corrected chi connectivity index (χ2v) is 6.00. The van der Waals surface area contributed by atoms with Gasteiger partial charge in [0.05, 0.1) is 12.1 Å². The summed E-state index contributed by atoms with van der Waals surface area (Å²) in [4.78, 5) is 2.04. The van der Waals surface area contributed by atoms with Crippen molar-refractivity contribution in [3.63, 3.8) is 0 Å². The van der Waals surface area contributed by atoms with Crippen molar-refractivity contribution in [3.05, 3.63) is 22.7 Å². The Kier molecular flexibility index (Phi) is 4.62. The van der Waals surface area contributed by atoms with Gasteiger partial charge in [-0.05, 0) is 48.5 Å². The van der Waals surface area contributed by atoms with Crippen LogP contribution in [0.3, 0.4) is 0 Å². The summed E-state index contributed by atoms with van der Waals surface area (Å²) in [5, 5.41) is 17.8. The van der Waals surface area contributed by atoms with Crippen molar-refractivity contribution in [2.24, 2.45) is 0 Å². The monoisotopic (exact) mass is 343 g/mol. The number of halogens is 1. The van der Waals surface area contributed by atoms with Crippen LogP contribution in [-0.2, 0) is 6.54 Å². The molecule has 110 valence electrons. The van der Waals surface area contributed by atoms with Crippen molar-refractivity contribution >= 4 is 15.9 Å². The zero-order valence-corrected chi connectivity index (χ0v) is 13.3. The molecule has 2 heterocycles. The molecule has 0 amide bonds. The Morgan fingerprint density at radius 2 is 2.05 bits per heavy atom. The van der Waals surface area contributed by atoms with Crippen LogP contribution in [0.1, 0.15) is 26.7 Å². The van der Waals surface area contributed by atoms with E-state index < -0.39 is 5.60 Å². The Morgan fingerprint density at radius 1 is 1.30 bits per heavy atom. The first-order valence-corrected chi connectivity index (χ1v) is 7.19. The summed E-state index contributed by atoms with van der Waals surface area (Å²) in [5.41, 5.74) is -0.759. The minimum absolute atomic E-state index is 0.352. The van der Waals surface area contributed by atoms with Gasteiger partial charge >= 0.3 is 0 Å². The maximum atomic E-state index is 9.85. The maximum absolute atomic E-state index is 9.85. The number of furan rings is 1. The normalized spacial score (nSPS) is 12.3. The second kappa shape index (κ2) is 6.07. The topological polar surface area (TPSA) is 75.5 Å². The van der Waals surface area contributed by atoms with E-state index in [1.165, 1.54) is 0 Å². The summed E-state index contributed by atoms with van der Waals surface area (Å²) in [6, 6.07) is 3.53. The molecule has 2 aromatic heterocycles. The van der Waals surface area contributed by atoms with E-state index in [4.69, 9.17) is 8.83 Å². The molecule has 0 bridgehead atoms. The van der Waals surface area contributed by atoms with Gasteiger partial charge in [-0.15, -0.1) is 10.2 Å². The van der Waals surface area contributed by atoms with Crippen molar-refractivity contribution in [3.8, 4) is 11.7 Å². The van der Waals surface area contributed by atoms with Gasteiger partial charge in [-0.3, -0.25) is 4.90 Å². The SMILES string of the molecule is CCN(Cc1nnc(-c2ccc(Br)o2)o1)CC(C)(C)O. The molecule has 0 saturated heterocycles. The highest BCUT2D eigenvalue weighted by atomic mass is 79.9. The third kappa shape index (κ3) is 4.16. The summed E-state index contributed by atoms with van der Waals surface area (Å²) >= 11 is 3.23. The molecule has 1 N–H and O–H groups in total. The average Bonchev–Trinajstić information content (AvgIpc) is 2.95. The van der Waals surface area contributed by atoms with Crippen LogP contribution in [0.4, 0.5) is 0 Å². The van der Waals surface area contributed by atoms with Crippen LogP contribution < -0.4 is 0 Å². The summed E-state index contributed by atoms with van der Waals surface area (Å²) in [6.45, 7) is 7.38. The van der Waals surface area contributed by atoms with Gasteiger partial charge in [-0.2, -0.15) is 0 Å². The van der Waals surface area contributed by atoms with Crippen LogP contribution in [-0.4, -0.2) is 38.9 Å². The molecule has 0 unspecified atom stereocenters. The molecule has 0 aromatic carbocycles. The smallest absolute Gasteiger partial charge is 0.283 e. The van der Waals surface area contributed by atoms with Gasteiger partial charge in [0.2, 0.25) is 5.89 Å². The first kappa shape index (κ1) is 15.2. The molecule has 0 aliphatic rings. The number of likely N-dealkylation sites (N-methyl/N-ethyl adjacent to an activating group) is 1. The van der Waals surface area contributed by atoms with E-state index in [1.54, 1.807) is 26.0 Å². The number of aromatic nitrogens is 2. The van der Waals surface area contributed by atoms with Crippen molar-refractivity contribution in [1.82, 2.24) is 15.1 Å². The van der Waals surface area contributed by atoms with Crippen molar-refractivity contribution in [1.29, 1.82) is 0 Å². The zero-order chi connectivity index (χ0) is 14.8. The number of nitrogens with zero attached hydrogens (tertiary/aromatic N) is 3. The second-order valence-electron chi connectivity index (χ2n) is 5.22. The summed E-state index contributed by atoms with van der Waals surface area (Å²) in [7, 11) is 0. The van der Waals surface area contributed by atoms with E-state index >= 15 is 0 Å². The molecule has 0 fully saturated rings. The molecular formula is C13H18BrN3O3. The fourth-order valence-electron chi connectivity index (χ4n) is 1.86. The minimum Gasteiger partial charge on any atom is -0.444 e. The van der Waals surface area contributed by atoms with Crippen LogP contribution in [0.2, 0.25) is 0 Å². The molecule has 7 heteroatoms.